The molecule has 0 saturated carbocycles. The molecule has 0 saturated heterocycles. The number of hydrogen-bond acceptors (Lipinski definition) is 11. The second kappa shape index (κ2) is 43.4. The molecule has 0 radical (unpaired) electrons. The van der Waals surface area contributed by atoms with Crippen molar-refractivity contribution in [2.24, 2.45) is 0 Å². The number of aliphatic hydroxyl groups excluding tert-OH is 1. The Bertz CT molecular complexity index is 1340. The van der Waals surface area contributed by atoms with Crippen LogP contribution in [0.5, 0.6) is 0 Å². The van der Waals surface area contributed by atoms with Crippen molar-refractivity contribution in [1.82, 2.24) is 0 Å². The zero-order valence-corrected chi connectivity index (χ0v) is 32.7. The van der Waals surface area contributed by atoms with E-state index in [9.17, 15) is 14.4 Å². The summed E-state index contributed by atoms with van der Waals surface area (Å²) in [5.74, 6) is -0.563. The fourth-order valence-electron chi connectivity index (χ4n) is 2.78. The maximum absolute atomic E-state index is 11.8. The molecule has 298 valence electrons. The zero-order valence-electron chi connectivity index (χ0n) is 32.7. The van der Waals surface area contributed by atoms with E-state index in [-0.39, 0.29) is 31.4 Å². The number of ether oxygens (including phenoxy) is 6. The summed E-state index contributed by atoms with van der Waals surface area (Å²) in [5, 5.41) is 8.26. The summed E-state index contributed by atoms with van der Waals surface area (Å²) in [7, 11) is 0. The van der Waals surface area contributed by atoms with Crippen LogP contribution in [0.25, 0.3) is 0 Å². The molecule has 0 heterocycles. The third-order valence-electron chi connectivity index (χ3n) is 5.04. The van der Waals surface area contributed by atoms with Gasteiger partial charge in [-0.25, -0.2) is 14.4 Å². The molecule has 2 rings (SSSR count). The second-order valence-corrected chi connectivity index (χ2v) is 9.26. The molecule has 2 aromatic carbocycles. The fraction of sp³-hybridized carbons (Fsp3) is 0.302. The van der Waals surface area contributed by atoms with Gasteiger partial charge in [0.2, 0.25) is 0 Å². The third kappa shape index (κ3) is 39.0. The first-order chi connectivity index (χ1) is 26.1. The number of carbonyl (C=O) groups excluding carboxylic acids is 4. The number of aliphatic hydroxyl groups is 1. The molecule has 0 fully saturated rings. The number of allylic oxidation sites excluding steroid dienone is 2. The minimum absolute atomic E-state index is 0.188. The van der Waals surface area contributed by atoms with Crippen LogP contribution in [0.4, 0.5) is 0 Å². The van der Waals surface area contributed by atoms with Gasteiger partial charge in [-0.1, -0.05) is 115 Å². The highest BCUT2D eigenvalue weighted by molar-refractivity contribution is 5.91. The Morgan fingerprint density at radius 2 is 1.33 bits per heavy atom. The van der Waals surface area contributed by atoms with Crippen LogP contribution in [-0.2, 0) is 49.4 Å². The van der Waals surface area contributed by atoms with Gasteiger partial charge in [-0.15, -0.1) is 6.58 Å². The largest absolute Gasteiger partial charge is 0.494 e. The van der Waals surface area contributed by atoms with Crippen LogP contribution in [0.3, 0.4) is 0 Å². The zero-order chi connectivity index (χ0) is 41.8. The number of hydrogen-bond donors (Lipinski definition) is 1. The highest BCUT2D eigenvalue weighted by atomic mass is 16.5. The van der Waals surface area contributed by atoms with Gasteiger partial charge in [0.1, 0.15) is 12.4 Å². The van der Waals surface area contributed by atoms with Crippen molar-refractivity contribution in [3.05, 3.63) is 159 Å². The Kier molecular flexibility index (Phi) is 44.2. The summed E-state index contributed by atoms with van der Waals surface area (Å²) in [6.45, 7) is 32.8. The first kappa shape index (κ1) is 55.0. The summed E-state index contributed by atoms with van der Waals surface area (Å²) in [6.07, 6.45) is 8.10. The molecule has 0 aliphatic heterocycles. The van der Waals surface area contributed by atoms with Crippen LogP contribution in [0.15, 0.2) is 148 Å². The van der Waals surface area contributed by atoms with Crippen LogP contribution < -0.4 is 0 Å². The van der Waals surface area contributed by atoms with E-state index in [0.29, 0.717) is 56.2 Å². The highest BCUT2D eigenvalue weighted by Gasteiger charge is 2.06. The Morgan fingerprint density at radius 1 is 0.759 bits per heavy atom. The lowest BCUT2D eigenvalue weighted by Crippen LogP contribution is -2.06. The van der Waals surface area contributed by atoms with Gasteiger partial charge in [-0.3, -0.25) is 4.79 Å². The van der Waals surface area contributed by atoms with Gasteiger partial charge in [0.05, 0.1) is 43.0 Å². The third-order valence-corrected chi connectivity index (χ3v) is 5.04. The molecule has 0 spiro atoms. The van der Waals surface area contributed by atoms with Crippen LogP contribution >= 0.6 is 0 Å². The van der Waals surface area contributed by atoms with E-state index in [1.165, 1.54) is 12.2 Å². The van der Waals surface area contributed by atoms with Crippen molar-refractivity contribution in [2.75, 3.05) is 33.0 Å². The Balaban J connectivity index is -0.000000355. The van der Waals surface area contributed by atoms with E-state index in [1.54, 1.807) is 37.3 Å². The van der Waals surface area contributed by atoms with E-state index in [2.05, 4.69) is 44.2 Å². The monoisotopic (exact) mass is 752 g/mol. The predicted octanol–water partition coefficient (Wildman–Crippen LogP) is 8.80. The molecule has 11 heteroatoms. The normalized spacial score (nSPS) is 8.78. The summed E-state index contributed by atoms with van der Waals surface area (Å²) in [6, 6.07) is 18.2. The molecule has 0 aliphatic rings. The Labute approximate surface area is 322 Å². The van der Waals surface area contributed by atoms with Crippen LogP contribution in [-0.4, -0.2) is 62.5 Å². The quantitative estimate of drug-likeness (QED) is 0.0203. The van der Waals surface area contributed by atoms with Crippen LogP contribution in [0.1, 0.15) is 63.4 Å². The first-order valence-corrected chi connectivity index (χ1v) is 17.2. The van der Waals surface area contributed by atoms with Crippen molar-refractivity contribution in [1.29, 1.82) is 0 Å². The molecule has 0 unspecified atom stereocenters. The maximum atomic E-state index is 11.8. The topological polar surface area (TPSA) is 144 Å². The average Bonchev–Trinajstić information content (AvgIpc) is 3.20. The lowest BCUT2D eigenvalue weighted by Gasteiger charge is -2.06. The number of carbonyl (C=O) groups is 4. The van der Waals surface area contributed by atoms with E-state index >= 15 is 0 Å². The van der Waals surface area contributed by atoms with E-state index in [0.717, 1.165) is 17.9 Å². The van der Waals surface area contributed by atoms with Crippen molar-refractivity contribution in [3.8, 4) is 0 Å². The first-order valence-electron chi connectivity index (χ1n) is 17.2. The molecule has 11 nitrogen and oxygen atoms in total. The van der Waals surface area contributed by atoms with E-state index < -0.39 is 11.9 Å². The number of esters is 3. The van der Waals surface area contributed by atoms with Crippen LogP contribution in [0.2, 0.25) is 0 Å². The SMILES string of the molecule is C=C(C)OC(=O)c1ccccc1.C=CC(=O)OCCCOC(=C)/C=C\C(=C)C(=O)OCc1ccccc1.C=CCOCCCO.C=COC=O.CC.CC. The molecule has 1 N–H and O–H groups in total. The summed E-state index contributed by atoms with van der Waals surface area (Å²) >= 11 is 0. The molecule has 0 amide bonds. The van der Waals surface area contributed by atoms with Crippen molar-refractivity contribution in [3.63, 3.8) is 0 Å². The predicted molar refractivity (Wildman–Crippen MR) is 215 cm³/mol. The van der Waals surface area contributed by atoms with Crippen molar-refractivity contribution < 1.29 is 52.7 Å². The lowest BCUT2D eigenvalue weighted by atomic mass is 10.2. The van der Waals surface area contributed by atoms with Crippen LogP contribution in [0, 0.1) is 0 Å². The lowest BCUT2D eigenvalue weighted by molar-refractivity contribution is -0.140. The minimum Gasteiger partial charge on any atom is -0.494 e. The Hall–Kier alpha value is -5.78. The Morgan fingerprint density at radius 3 is 1.81 bits per heavy atom. The van der Waals surface area contributed by atoms with E-state index in [4.69, 9.17) is 33.6 Å². The summed E-state index contributed by atoms with van der Waals surface area (Å²) in [4.78, 5) is 42.9. The molecule has 2 aromatic rings. The van der Waals surface area contributed by atoms with Gasteiger partial charge >= 0.3 is 17.9 Å². The van der Waals surface area contributed by atoms with Gasteiger partial charge in [-0.05, 0) is 43.2 Å². The van der Waals surface area contributed by atoms with Gasteiger partial charge in [0, 0.05) is 25.7 Å². The van der Waals surface area contributed by atoms with Gasteiger partial charge in [0.15, 0.2) is 0 Å². The molecular weight excluding hydrogens is 692 g/mol. The number of benzene rings is 2. The van der Waals surface area contributed by atoms with Gasteiger partial charge < -0.3 is 33.5 Å². The second-order valence-electron chi connectivity index (χ2n) is 9.26. The van der Waals surface area contributed by atoms with Crippen molar-refractivity contribution in [2.45, 2.75) is 54.1 Å². The van der Waals surface area contributed by atoms with Gasteiger partial charge in [-0.2, -0.15) is 0 Å². The molecule has 0 atom stereocenters. The minimum atomic E-state index is -0.510. The average molecular weight is 753 g/mol. The molecule has 0 bridgehead atoms. The molecule has 54 heavy (non-hydrogen) atoms. The smallest absolute Gasteiger partial charge is 0.343 e. The summed E-state index contributed by atoms with van der Waals surface area (Å²) in [5.41, 5.74) is 1.64. The van der Waals surface area contributed by atoms with Crippen molar-refractivity contribution >= 4 is 24.4 Å². The fourth-order valence-corrected chi connectivity index (χ4v) is 2.78. The standard InChI is InChI=1S/C20H22O5.C10H10O2.C6H12O2.C3H4O2.2C2H6/c1-4-19(21)24-14-8-13-23-17(3)12-11-16(2)20(22)25-15-18-9-6-5-7-10-18;1-8(2)12-10(11)9-6-4-3-5-7-9;1-2-5-8-6-3-4-7;1-2-5-3-4;2*1-2/h4-7,9-12H,1-3,8,13-15H2;3-7H,1H2,2H3;2,7H,1,3-6H2;2-3H,1H2;2*1-2H3/b12-11-;;;;;. The molecule has 0 aliphatic carbocycles. The summed E-state index contributed by atoms with van der Waals surface area (Å²) < 4.78 is 28.9. The van der Waals surface area contributed by atoms with E-state index in [1.807, 2.05) is 64.1 Å². The van der Waals surface area contributed by atoms with Gasteiger partial charge in [0.25, 0.3) is 6.47 Å². The molecular formula is C43H60O11. The number of rotatable bonds is 20. The maximum Gasteiger partial charge on any atom is 0.343 e. The highest BCUT2D eigenvalue weighted by Crippen LogP contribution is 2.07. The molecule has 0 aromatic heterocycles.